The van der Waals surface area contributed by atoms with Crippen LogP contribution in [0, 0.1) is 0 Å². The van der Waals surface area contributed by atoms with Gasteiger partial charge in [0.2, 0.25) is 0 Å². The van der Waals surface area contributed by atoms with E-state index in [4.69, 9.17) is 0 Å². The van der Waals surface area contributed by atoms with Crippen LogP contribution < -0.4 is 0 Å². The van der Waals surface area contributed by atoms with Crippen molar-refractivity contribution in [3.05, 3.63) is 29.3 Å². The molecule has 0 aromatic heterocycles. The average Bonchev–Trinajstić information content (AvgIpc) is 2.00. The van der Waals surface area contributed by atoms with Crippen LogP contribution in [0.3, 0.4) is 0 Å². The number of phenolic OH excluding ortho intramolecular Hbond substituents is 1. The van der Waals surface area contributed by atoms with E-state index in [0.29, 0.717) is 5.75 Å². The highest BCUT2D eigenvalue weighted by molar-refractivity contribution is 5.42. The lowest BCUT2D eigenvalue weighted by molar-refractivity contribution is 0.466. The van der Waals surface area contributed by atoms with Crippen molar-refractivity contribution in [1.82, 2.24) is 0 Å². The van der Waals surface area contributed by atoms with Gasteiger partial charge in [-0.2, -0.15) is 0 Å². The van der Waals surface area contributed by atoms with Crippen LogP contribution in [0.25, 0.3) is 0 Å². The Kier molecular flexibility index (Phi) is 2.86. The van der Waals surface area contributed by atoms with Crippen molar-refractivity contribution in [3.8, 4) is 5.75 Å². The Balaban J connectivity index is 3.41. The number of benzene rings is 1. The molecule has 0 amide bonds. The van der Waals surface area contributed by atoms with E-state index in [0.717, 1.165) is 0 Å². The van der Waals surface area contributed by atoms with Crippen molar-refractivity contribution < 1.29 is 5.11 Å². The van der Waals surface area contributed by atoms with E-state index in [1.165, 1.54) is 11.1 Å². The van der Waals surface area contributed by atoms with E-state index in [-0.39, 0.29) is 10.8 Å². The highest BCUT2D eigenvalue weighted by atomic mass is 16.3. The number of rotatable bonds is 0. The van der Waals surface area contributed by atoms with Gasteiger partial charge in [-0.3, -0.25) is 0 Å². The van der Waals surface area contributed by atoms with Crippen LogP contribution in [-0.4, -0.2) is 5.11 Å². The van der Waals surface area contributed by atoms with Crippen molar-refractivity contribution in [3.63, 3.8) is 0 Å². The van der Waals surface area contributed by atoms with Gasteiger partial charge in [-0.05, 0) is 34.1 Å². The summed E-state index contributed by atoms with van der Waals surface area (Å²) in [6, 6.07) is 5.70. The summed E-state index contributed by atoms with van der Waals surface area (Å²) >= 11 is 0. The van der Waals surface area contributed by atoms with Gasteiger partial charge in [0.15, 0.2) is 0 Å². The lowest BCUT2D eigenvalue weighted by Crippen LogP contribution is -2.21. The lowest BCUT2D eigenvalue weighted by Gasteiger charge is -2.30. The largest absolute Gasteiger partial charge is 0.508 e. The van der Waals surface area contributed by atoms with E-state index < -0.39 is 0 Å². The third kappa shape index (κ3) is 2.74. The SMILES string of the molecule is CC(C)(C)c1ccc(O)cc1C(C)(C)C. The maximum Gasteiger partial charge on any atom is 0.115 e. The van der Waals surface area contributed by atoms with Crippen molar-refractivity contribution >= 4 is 0 Å². The number of hydrogen-bond donors (Lipinski definition) is 1. The third-order valence-corrected chi connectivity index (χ3v) is 2.62. The van der Waals surface area contributed by atoms with Crippen molar-refractivity contribution in [2.24, 2.45) is 0 Å². The molecule has 84 valence electrons. The van der Waals surface area contributed by atoms with Crippen LogP contribution in [0.5, 0.6) is 5.75 Å². The smallest absolute Gasteiger partial charge is 0.115 e. The van der Waals surface area contributed by atoms with Crippen LogP contribution in [0.15, 0.2) is 18.2 Å². The zero-order valence-electron chi connectivity index (χ0n) is 10.7. The normalized spacial score (nSPS) is 12.9. The van der Waals surface area contributed by atoms with E-state index in [9.17, 15) is 5.11 Å². The zero-order valence-corrected chi connectivity index (χ0v) is 10.7. The number of aromatic hydroxyl groups is 1. The standard InChI is InChI=1S/C14H22O/c1-13(2,3)11-8-7-10(15)9-12(11)14(4,5)6/h7-9,15H,1-6H3. The van der Waals surface area contributed by atoms with E-state index in [1.54, 1.807) is 6.07 Å². The van der Waals surface area contributed by atoms with E-state index in [1.807, 2.05) is 12.1 Å². The average molecular weight is 206 g/mol. The highest BCUT2D eigenvalue weighted by Gasteiger charge is 2.24. The van der Waals surface area contributed by atoms with Crippen LogP contribution in [0.2, 0.25) is 0 Å². The molecule has 0 radical (unpaired) electrons. The number of hydrogen-bond acceptors (Lipinski definition) is 1. The van der Waals surface area contributed by atoms with E-state index >= 15 is 0 Å². The Labute approximate surface area is 93.1 Å². The first-order valence-corrected chi connectivity index (χ1v) is 5.46. The second kappa shape index (κ2) is 3.55. The molecule has 1 aromatic rings. The topological polar surface area (TPSA) is 20.2 Å². The number of phenols is 1. The Morgan fingerprint density at radius 1 is 0.800 bits per heavy atom. The molecular formula is C14H22O. The molecule has 1 N–H and O–H groups in total. The summed E-state index contributed by atoms with van der Waals surface area (Å²) in [7, 11) is 0. The van der Waals surface area contributed by atoms with Gasteiger partial charge in [0.05, 0.1) is 0 Å². The minimum atomic E-state index is 0.0708. The predicted molar refractivity (Wildman–Crippen MR) is 65.5 cm³/mol. The summed E-state index contributed by atoms with van der Waals surface area (Å²) in [5.74, 6) is 0.355. The van der Waals surface area contributed by atoms with Crippen LogP contribution >= 0.6 is 0 Å². The fourth-order valence-electron chi connectivity index (χ4n) is 1.81. The molecule has 0 spiro atoms. The molecule has 0 aliphatic rings. The van der Waals surface area contributed by atoms with Gasteiger partial charge in [0, 0.05) is 0 Å². The summed E-state index contributed by atoms with van der Waals surface area (Å²) in [5.41, 5.74) is 2.74. The maximum atomic E-state index is 9.57. The Morgan fingerprint density at radius 2 is 1.27 bits per heavy atom. The molecule has 15 heavy (non-hydrogen) atoms. The minimum absolute atomic E-state index is 0.0708. The predicted octanol–water partition coefficient (Wildman–Crippen LogP) is 3.99. The molecule has 0 atom stereocenters. The first-order valence-electron chi connectivity index (χ1n) is 5.46. The van der Waals surface area contributed by atoms with Gasteiger partial charge in [0.1, 0.15) is 5.75 Å². The third-order valence-electron chi connectivity index (χ3n) is 2.62. The van der Waals surface area contributed by atoms with Crippen LogP contribution in [0.4, 0.5) is 0 Å². The molecule has 0 saturated carbocycles. The molecule has 0 unspecified atom stereocenters. The van der Waals surface area contributed by atoms with Crippen molar-refractivity contribution in [1.29, 1.82) is 0 Å². The van der Waals surface area contributed by atoms with Crippen molar-refractivity contribution in [2.45, 2.75) is 52.4 Å². The molecule has 0 saturated heterocycles. The van der Waals surface area contributed by atoms with Crippen molar-refractivity contribution in [2.75, 3.05) is 0 Å². The summed E-state index contributed by atoms with van der Waals surface area (Å²) in [5, 5.41) is 9.57. The molecule has 1 heteroatoms. The molecule has 1 aromatic carbocycles. The first-order chi connectivity index (χ1) is 6.62. The molecule has 1 rings (SSSR count). The quantitative estimate of drug-likeness (QED) is 0.680. The van der Waals surface area contributed by atoms with Gasteiger partial charge in [-0.1, -0.05) is 47.6 Å². The fraction of sp³-hybridized carbons (Fsp3) is 0.571. The van der Waals surface area contributed by atoms with Gasteiger partial charge in [-0.15, -0.1) is 0 Å². The Morgan fingerprint density at radius 3 is 1.67 bits per heavy atom. The lowest BCUT2D eigenvalue weighted by atomic mass is 9.75. The van der Waals surface area contributed by atoms with Crippen LogP contribution in [0.1, 0.15) is 52.7 Å². The van der Waals surface area contributed by atoms with Gasteiger partial charge in [-0.25, -0.2) is 0 Å². The van der Waals surface area contributed by atoms with Gasteiger partial charge >= 0.3 is 0 Å². The highest BCUT2D eigenvalue weighted by Crippen LogP contribution is 2.35. The summed E-state index contributed by atoms with van der Waals surface area (Å²) in [6.07, 6.45) is 0. The molecule has 0 heterocycles. The maximum absolute atomic E-state index is 9.57. The Hall–Kier alpha value is -0.980. The monoisotopic (exact) mass is 206 g/mol. The van der Waals surface area contributed by atoms with E-state index in [2.05, 4.69) is 41.5 Å². The van der Waals surface area contributed by atoms with Gasteiger partial charge in [0.25, 0.3) is 0 Å². The molecule has 0 aliphatic carbocycles. The molecular weight excluding hydrogens is 184 g/mol. The van der Waals surface area contributed by atoms with Crippen LogP contribution in [-0.2, 0) is 10.8 Å². The second-order valence-corrected chi connectivity index (χ2v) is 6.23. The zero-order chi connectivity index (χ0) is 11.9. The fourth-order valence-corrected chi connectivity index (χ4v) is 1.81. The second-order valence-electron chi connectivity index (χ2n) is 6.23. The summed E-state index contributed by atoms with van der Waals surface area (Å²) < 4.78 is 0. The minimum Gasteiger partial charge on any atom is -0.508 e. The molecule has 0 aliphatic heterocycles. The summed E-state index contributed by atoms with van der Waals surface area (Å²) in [6.45, 7) is 13.1. The molecule has 1 nitrogen and oxygen atoms in total. The first kappa shape index (κ1) is 12.1. The van der Waals surface area contributed by atoms with Gasteiger partial charge < -0.3 is 5.11 Å². The molecule has 0 bridgehead atoms. The molecule has 0 fully saturated rings. The summed E-state index contributed by atoms with van der Waals surface area (Å²) in [4.78, 5) is 0. The Bertz CT molecular complexity index is 351.